The van der Waals surface area contributed by atoms with E-state index in [1.54, 1.807) is 11.8 Å². The minimum absolute atomic E-state index is 0.0193. The molecule has 24 heavy (non-hydrogen) atoms. The highest BCUT2D eigenvalue weighted by Crippen LogP contribution is 2.29. The van der Waals surface area contributed by atoms with Crippen molar-refractivity contribution in [3.63, 3.8) is 0 Å². The number of carbonyl (C=O) groups excluding carboxylic acids is 1. The summed E-state index contributed by atoms with van der Waals surface area (Å²) < 4.78 is 1.10. The third-order valence-corrected chi connectivity index (χ3v) is 5.68. The first-order valence-corrected chi connectivity index (χ1v) is 9.81. The number of nitrogens with one attached hydrogen (secondary N) is 1. The Hall–Kier alpha value is -1.85. The molecule has 0 aliphatic carbocycles. The van der Waals surface area contributed by atoms with Crippen molar-refractivity contribution in [1.29, 1.82) is 0 Å². The molecule has 2 aromatic carbocycles. The van der Waals surface area contributed by atoms with Gasteiger partial charge in [0.1, 0.15) is 0 Å². The Morgan fingerprint density at radius 2 is 1.88 bits per heavy atom. The number of hydrogen-bond acceptors (Lipinski definition) is 4. The van der Waals surface area contributed by atoms with Crippen molar-refractivity contribution in [2.45, 2.75) is 32.1 Å². The highest BCUT2D eigenvalue weighted by molar-refractivity contribution is 7.98. The van der Waals surface area contributed by atoms with Crippen molar-refractivity contribution < 1.29 is 4.79 Å². The van der Waals surface area contributed by atoms with Crippen molar-refractivity contribution in [3.8, 4) is 0 Å². The average molecular weight is 357 g/mol. The second kappa shape index (κ2) is 6.95. The third-order valence-electron chi connectivity index (χ3n) is 4.02. The van der Waals surface area contributed by atoms with Crippen LogP contribution in [0.1, 0.15) is 22.3 Å². The van der Waals surface area contributed by atoms with Gasteiger partial charge >= 0.3 is 0 Å². The van der Waals surface area contributed by atoms with Gasteiger partial charge in [-0.1, -0.05) is 29.0 Å². The lowest BCUT2D eigenvalue weighted by Gasteiger charge is -2.10. The fourth-order valence-electron chi connectivity index (χ4n) is 2.90. The van der Waals surface area contributed by atoms with Gasteiger partial charge in [-0.3, -0.25) is 4.79 Å². The fourth-order valence-corrected chi connectivity index (χ4v) is 4.33. The number of fused-ring (bicyclic) bond motifs is 1. The third kappa shape index (κ3) is 3.62. The van der Waals surface area contributed by atoms with Crippen LogP contribution in [0.2, 0.25) is 0 Å². The summed E-state index contributed by atoms with van der Waals surface area (Å²) in [5.41, 5.74) is 5.58. The van der Waals surface area contributed by atoms with E-state index in [2.05, 4.69) is 61.6 Å². The van der Waals surface area contributed by atoms with Gasteiger partial charge in [0.25, 0.3) is 0 Å². The number of nitrogens with zero attached hydrogens (tertiary/aromatic N) is 1. The van der Waals surface area contributed by atoms with Gasteiger partial charge in [-0.25, -0.2) is 4.98 Å². The molecule has 1 heterocycles. The van der Waals surface area contributed by atoms with Gasteiger partial charge in [-0.05, 0) is 61.9 Å². The predicted octanol–water partition coefficient (Wildman–Crippen LogP) is 5.12. The highest BCUT2D eigenvalue weighted by Gasteiger charge is 2.12. The molecule has 0 unspecified atom stereocenters. The van der Waals surface area contributed by atoms with Gasteiger partial charge in [0.2, 0.25) is 5.91 Å². The zero-order valence-electron chi connectivity index (χ0n) is 14.3. The van der Waals surface area contributed by atoms with Crippen LogP contribution in [-0.4, -0.2) is 17.1 Å². The van der Waals surface area contributed by atoms with Gasteiger partial charge in [0, 0.05) is 4.90 Å². The van der Waals surface area contributed by atoms with Crippen LogP contribution >= 0.6 is 23.1 Å². The molecule has 3 rings (SSSR count). The summed E-state index contributed by atoms with van der Waals surface area (Å²) >= 11 is 3.22. The van der Waals surface area contributed by atoms with Gasteiger partial charge in [0.05, 0.1) is 16.6 Å². The lowest BCUT2D eigenvalue weighted by Crippen LogP contribution is -2.15. The first-order valence-electron chi connectivity index (χ1n) is 7.77. The Morgan fingerprint density at radius 1 is 1.17 bits per heavy atom. The molecule has 1 aromatic heterocycles. The molecule has 1 amide bonds. The van der Waals surface area contributed by atoms with E-state index in [-0.39, 0.29) is 5.91 Å². The number of carbonyl (C=O) groups is 1. The zero-order valence-corrected chi connectivity index (χ0v) is 15.9. The molecule has 0 saturated heterocycles. The molecule has 0 saturated carbocycles. The maximum atomic E-state index is 12.4. The van der Waals surface area contributed by atoms with Gasteiger partial charge in [-0.15, -0.1) is 11.8 Å². The molecule has 1 N–H and O–H groups in total. The summed E-state index contributed by atoms with van der Waals surface area (Å²) in [4.78, 5) is 18.1. The van der Waals surface area contributed by atoms with E-state index >= 15 is 0 Å². The number of hydrogen-bond donors (Lipinski definition) is 1. The van der Waals surface area contributed by atoms with E-state index in [9.17, 15) is 4.79 Å². The smallest absolute Gasteiger partial charge is 0.230 e. The van der Waals surface area contributed by atoms with Crippen molar-refractivity contribution >= 4 is 44.4 Å². The molecule has 3 aromatic rings. The summed E-state index contributed by atoms with van der Waals surface area (Å²) in [5, 5.41) is 3.61. The van der Waals surface area contributed by atoms with E-state index in [0.717, 1.165) is 26.9 Å². The van der Waals surface area contributed by atoms with Crippen molar-refractivity contribution in [1.82, 2.24) is 4.98 Å². The maximum absolute atomic E-state index is 12.4. The molecule has 0 fully saturated rings. The van der Waals surface area contributed by atoms with Crippen LogP contribution in [0.4, 0.5) is 5.13 Å². The number of amides is 1. The molecular formula is C19H20N2OS2. The van der Waals surface area contributed by atoms with Crippen LogP contribution in [0.5, 0.6) is 0 Å². The Balaban J connectivity index is 1.78. The average Bonchev–Trinajstić information content (AvgIpc) is 2.91. The van der Waals surface area contributed by atoms with E-state index in [0.29, 0.717) is 11.6 Å². The summed E-state index contributed by atoms with van der Waals surface area (Å²) in [6.45, 7) is 6.20. The van der Waals surface area contributed by atoms with Crippen LogP contribution in [0.25, 0.3) is 10.2 Å². The number of aromatic nitrogens is 1. The summed E-state index contributed by atoms with van der Waals surface area (Å²) in [7, 11) is 0. The first kappa shape index (κ1) is 17.0. The summed E-state index contributed by atoms with van der Waals surface area (Å²) in [6.07, 6.45) is 2.43. The number of rotatable bonds is 4. The second-order valence-electron chi connectivity index (χ2n) is 5.95. The van der Waals surface area contributed by atoms with Crippen molar-refractivity contribution in [2.24, 2.45) is 0 Å². The molecule has 0 bridgehead atoms. The second-order valence-corrected chi connectivity index (χ2v) is 7.87. The minimum Gasteiger partial charge on any atom is -0.302 e. The van der Waals surface area contributed by atoms with Crippen LogP contribution in [-0.2, 0) is 11.2 Å². The van der Waals surface area contributed by atoms with Crippen LogP contribution in [0, 0.1) is 20.8 Å². The molecule has 0 aliphatic heterocycles. The lowest BCUT2D eigenvalue weighted by atomic mass is 9.97. The largest absolute Gasteiger partial charge is 0.302 e. The van der Waals surface area contributed by atoms with E-state index in [1.807, 2.05) is 6.07 Å². The summed E-state index contributed by atoms with van der Waals surface area (Å²) in [5.74, 6) is -0.0193. The molecule has 0 radical (unpaired) electrons. The number of benzene rings is 2. The molecule has 0 aliphatic rings. The fraction of sp³-hybridized carbons (Fsp3) is 0.263. The highest BCUT2D eigenvalue weighted by atomic mass is 32.2. The zero-order chi connectivity index (χ0) is 17.3. The Bertz CT molecular complexity index is 892. The maximum Gasteiger partial charge on any atom is 0.230 e. The monoisotopic (exact) mass is 356 g/mol. The van der Waals surface area contributed by atoms with Crippen molar-refractivity contribution in [3.05, 3.63) is 52.6 Å². The minimum atomic E-state index is -0.0193. The van der Waals surface area contributed by atoms with E-state index in [1.165, 1.54) is 21.8 Å². The SMILES string of the molecule is CSc1ccc2nc(NC(=O)Cc3c(C)cc(C)cc3C)sc2c1. The molecule has 0 atom stereocenters. The Morgan fingerprint density at radius 3 is 2.54 bits per heavy atom. The Labute approximate surface area is 150 Å². The Kier molecular flexibility index (Phi) is 4.92. The number of anilines is 1. The standard InChI is InChI=1S/C19H20N2OS2/c1-11-7-12(2)15(13(3)8-11)10-18(22)21-19-20-16-6-5-14(23-4)9-17(16)24-19/h5-9H,10H2,1-4H3,(H,20,21,22). The van der Waals surface area contributed by atoms with Crippen LogP contribution in [0.3, 0.4) is 0 Å². The van der Waals surface area contributed by atoms with Gasteiger partial charge in [0.15, 0.2) is 5.13 Å². The molecule has 3 nitrogen and oxygen atoms in total. The molecule has 0 spiro atoms. The normalized spacial score (nSPS) is 11.0. The molecule has 5 heteroatoms. The lowest BCUT2D eigenvalue weighted by molar-refractivity contribution is -0.115. The predicted molar refractivity (Wildman–Crippen MR) is 104 cm³/mol. The van der Waals surface area contributed by atoms with E-state index < -0.39 is 0 Å². The topological polar surface area (TPSA) is 42.0 Å². The summed E-state index contributed by atoms with van der Waals surface area (Å²) in [6, 6.07) is 10.4. The first-order chi connectivity index (χ1) is 11.5. The number of aryl methyl sites for hydroxylation is 3. The van der Waals surface area contributed by atoms with E-state index in [4.69, 9.17) is 0 Å². The van der Waals surface area contributed by atoms with Gasteiger partial charge < -0.3 is 5.32 Å². The van der Waals surface area contributed by atoms with Crippen LogP contribution in [0.15, 0.2) is 35.2 Å². The molecule has 124 valence electrons. The van der Waals surface area contributed by atoms with Crippen LogP contribution < -0.4 is 5.32 Å². The van der Waals surface area contributed by atoms with Crippen molar-refractivity contribution in [2.75, 3.05) is 11.6 Å². The quantitative estimate of drug-likeness (QED) is 0.659. The number of thiazole rings is 1. The van der Waals surface area contributed by atoms with Gasteiger partial charge in [-0.2, -0.15) is 0 Å². The molecular weight excluding hydrogens is 336 g/mol. The number of thioether (sulfide) groups is 1.